The minimum absolute atomic E-state index is 0.00598. The number of carbonyl (C=O) groups is 1. The average molecular weight is 356 g/mol. The third-order valence-corrected chi connectivity index (χ3v) is 5.37. The van der Waals surface area contributed by atoms with Crippen LogP contribution in [-0.4, -0.2) is 22.1 Å². The maximum atomic E-state index is 12.6. The van der Waals surface area contributed by atoms with Crippen LogP contribution in [0.4, 0.5) is 0 Å². The van der Waals surface area contributed by atoms with Gasteiger partial charge in [0.15, 0.2) is 5.78 Å². The molecule has 1 aliphatic rings. The molecular formula is C20H20O4S. The van der Waals surface area contributed by atoms with Gasteiger partial charge in [0.25, 0.3) is 0 Å². The number of ketones is 1. The fourth-order valence-corrected chi connectivity index (χ4v) is 3.72. The van der Waals surface area contributed by atoms with E-state index in [2.05, 4.69) is 0 Å². The molecule has 0 saturated heterocycles. The highest BCUT2D eigenvalue weighted by Crippen LogP contribution is 2.39. The molecule has 0 saturated carbocycles. The number of rotatable bonds is 5. The Hall–Kier alpha value is -2.24. The molecule has 0 bridgehead atoms. The number of benzene rings is 2. The van der Waals surface area contributed by atoms with Crippen molar-refractivity contribution in [3.05, 3.63) is 65.1 Å². The van der Waals surface area contributed by atoms with E-state index in [9.17, 15) is 15.0 Å². The van der Waals surface area contributed by atoms with E-state index in [1.807, 2.05) is 43.3 Å². The molecule has 5 heteroatoms. The van der Waals surface area contributed by atoms with Gasteiger partial charge in [-0.2, -0.15) is 0 Å². The summed E-state index contributed by atoms with van der Waals surface area (Å²) in [5.41, 5.74) is 1.08. The van der Waals surface area contributed by atoms with Gasteiger partial charge >= 0.3 is 0 Å². The average Bonchev–Trinajstić information content (AvgIpc) is 2.61. The van der Waals surface area contributed by atoms with E-state index in [-0.39, 0.29) is 29.3 Å². The lowest BCUT2D eigenvalue weighted by Crippen LogP contribution is -2.32. The maximum absolute atomic E-state index is 12.6. The Bertz CT molecular complexity index is 786. The second-order valence-corrected chi connectivity index (χ2v) is 7.13. The number of hydrogen-bond acceptors (Lipinski definition) is 5. The standard InChI is InChI=1S/C20H20O4S/c1-13-17(24-12-14-5-3-2-4-6-14)8-10-19(20(13)23)25-18-9-7-15(21)11-16(18)22/h2-7,9-11,13,17,21-22H,8,12H2,1H3. The number of aromatic hydroxyl groups is 2. The zero-order chi connectivity index (χ0) is 17.8. The largest absolute Gasteiger partial charge is 0.508 e. The number of thioether (sulfide) groups is 1. The molecule has 4 nitrogen and oxygen atoms in total. The second-order valence-electron chi connectivity index (χ2n) is 6.05. The predicted molar refractivity (Wildman–Crippen MR) is 97.5 cm³/mol. The molecule has 0 aromatic heterocycles. The smallest absolute Gasteiger partial charge is 0.174 e. The zero-order valence-corrected chi connectivity index (χ0v) is 14.7. The molecule has 2 aromatic carbocycles. The van der Waals surface area contributed by atoms with Crippen LogP contribution in [0.15, 0.2) is 64.4 Å². The molecule has 2 unspecified atom stereocenters. The van der Waals surface area contributed by atoms with Gasteiger partial charge in [-0.05, 0) is 24.1 Å². The zero-order valence-electron chi connectivity index (χ0n) is 13.9. The number of phenols is 2. The van der Waals surface area contributed by atoms with Crippen LogP contribution in [0.1, 0.15) is 18.9 Å². The Morgan fingerprint density at radius 2 is 1.92 bits per heavy atom. The lowest BCUT2D eigenvalue weighted by atomic mass is 9.91. The first-order valence-electron chi connectivity index (χ1n) is 8.14. The molecule has 0 spiro atoms. The number of ether oxygens (including phenoxy) is 1. The summed E-state index contributed by atoms with van der Waals surface area (Å²) in [6.45, 7) is 2.36. The third kappa shape index (κ3) is 4.24. The van der Waals surface area contributed by atoms with Crippen molar-refractivity contribution in [3.63, 3.8) is 0 Å². The first-order valence-corrected chi connectivity index (χ1v) is 8.96. The molecule has 25 heavy (non-hydrogen) atoms. The summed E-state index contributed by atoms with van der Waals surface area (Å²) in [6.07, 6.45) is 2.38. The van der Waals surface area contributed by atoms with Crippen LogP contribution in [0.25, 0.3) is 0 Å². The summed E-state index contributed by atoms with van der Waals surface area (Å²) in [5.74, 6) is -0.264. The van der Waals surface area contributed by atoms with Gasteiger partial charge in [0.1, 0.15) is 11.5 Å². The van der Waals surface area contributed by atoms with E-state index in [4.69, 9.17) is 4.74 Å². The van der Waals surface area contributed by atoms with Crippen molar-refractivity contribution in [1.29, 1.82) is 0 Å². The van der Waals surface area contributed by atoms with Crippen molar-refractivity contribution in [1.82, 2.24) is 0 Å². The number of Topliss-reactive ketones (excluding diaryl/α,β-unsaturated/α-hetero) is 1. The summed E-state index contributed by atoms with van der Waals surface area (Å²) in [5, 5.41) is 19.3. The summed E-state index contributed by atoms with van der Waals surface area (Å²) in [4.78, 5) is 13.8. The molecule has 2 atom stereocenters. The summed E-state index contributed by atoms with van der Waals surface area (Å²) in [7, 11) is 0. The summed E-state index contributed by atoms with van der Waals surface area (Å²) < 4.78 is 5.93. The molecular weight excluding hydrogens is 336 g/mol. The monoisotopic (exact) mass is 356 g/mol. The van der Waals surface area contributed by atoms with Gasteiger partial charge in [0, 0.05) is 12.0 Å². The fourth-order valence-electron chi connectivity index (χ4n) is 2.71. The fraction of sp³-hybridized carbons (Fsp3) is 0.250. The lowest BCUT2D eigenvalue weighted by molar-refractivity contribution is -0.124. The molecule has 130 valence electrons. The summed E-state index contributed by atoms with van der Waals surface area (Å²) >= 11 is 1.22. The highest BCUT2D eigenvalue weighted by molar-refractivity contribution is 8.04. The highest BCUT2D eigenvalue weighted by Gasteiger charge is 2.31. The van der Waals surface area contributed by atoms with Crippen molar-refractivity contribution in [2.24, 2.45) is 5.92 Å². The first-order chi connectivity index (χ1) is 12.0. The Labute approximate surface area is 151 Å². The quantitative estimate of drug-likeness (QED) is 0.837. The minimum Gasteiger partial charge on any atom is -0.508 e. The van der Waals surface area contributed by atoms with Gasteiger partial charge in [-0.3, -0.25) is 4.79 Å². The van der Waals surface area contributed by atoms with Gasteiger partial charge in [-0.25, -0.2) is 0 Å². The number of hydrogen-bond donors (Lipinski definition) is 2. The first kappa shape index (κ1) is 17.6. The van der Waals surface area contributed by atoms with Crippen LogP contribution in [0.5, 0.6) is 11.5 Å². The van der Waals surface area contributed by atoms with Gasteiger partial charge in [-0.15, -0.1) is 0 Å². The molecule has 3 rings (SSSR count). The van der Waals surface area contributed by atoms with E-state index in [1.54, 1.807) is 6.07 Å². The van der Waals surface area contributed by atoms with Crippen LogP contribution in [-0.2, 0) is 16.1 Å². The molecule has 0 radical (unpaired) electrons. The van der Waals surface area contributed by atoms with E-state index in [0.717, 1.165) is 5.56 Å². The van der Waals surface area contributed by atoms with Crippen LogP contribution >= 0.6 is 11.8 Å². The minimum atomic E-state index is -0.240. The topological polar surface area (TPSA) is 66.8 Å². The Balaban J connectivity index is 1.66. The van der Waals surface area contributed by atoms with Crippen molar-refractivity contribution < 1.29 is 19.7 Å². The number of carbonyl (C=O) groups excluding carboxylic acids is 1. The third-order valence-electron chi connectivity index (χ3n) is 4.22. The Morgan fingerprint density at radius 1 is 1.16 bits per heavy atom. The highest BCUT2D eigenvalue weighted by atomic mass is 32.2. The Kier molecular flexibility index (Phi) is 5.46. The van der Waals surface area contributed by atoms with Crippen LogP contribution in [0.3, 0.4) is 0 Å². The van der Waals surface area contributed by atoms with Crippen molar-refractivity contribution >= 4 is 17.5 Å². The van der Waals surface area contributed by atoms with Gasteiger partial charge in [-0.1, -0.05) is 55.1 Å². The number of allylic oxidation sites excluding steroid dienone is 1. The second kappa shape index (κ2) is 7.76. The SMILES string of the molecule is CC1C(=O)C(Sc2ccc(O)cc2O)=CCC1OCc1ccccc1. The molecule has 0 heterocycles. The van der Waals surface area contributed by atoms with Crippen molar-refractivity contribution in [2.75, 3.05) is 0 Å². The molecule has 2 aromatic rings. The predicted octanol–water partition coefficient (Wildman–Crippen LogP) is 4.27. The van der Waals surface area contributed by atoms with Crippen molar-refractivity contribution in [3.8, 4) is 11.5 Å². The Morgan fingerprint density at radius 3 is 2.64 bits per heavy atom. The number of phenolic OH excluding ortho intramolecular Hbond substituents is 2. The summed E-state index contributed by atoms with van der Waals surface area (Å²) in [6, 6.07) is 14.3. The van der Waals surface area contributed by atoms with Crippen molar-refractivity contribution in [2.45, 2.75) is 31.0 Å². The van der Waals surface area contributed by atoms with Crippen LogP contribution in [0.2, 0.25) is 0 Å². The van der Waals surface area contributed by atoms with E-state index in [1.165, 1.54) is 23.9 Å². The van der Waals surface area contributed by atoms with Gasteiger partial charge < -0.3 is 14.9 Å². The lowest BCUT2D eigenvalue weighted by Gasteiger charge is -2.27. The molecule has 0 aliphatic heterocycles. The normalized spacial score (nSPS) is 20.4. The molecule has 1 aliphatic carbocycles. The van der Waals surface area contributed by atoms with E-state index < -0.39 is 0 Å². The molecule has 0 amide bonds. The van der Waals surface area contributed by atoms with Crippen LogP contribution < -0.4 is 0 Å². The van der Waals surface area contributed by atoms with E-state index in [0.29, 0.717) is 22.8 Å². The molecule has 0 fully saturated rings. The molecule has 2 N–H and O–H groups in total. The maximum Gasteiger partial charge on any atom is 0.174 e. The van der Waals surface area contributed by atoms with Gasteiger partial charge in [0.05, 0.1) is 22.5 Å². The van der Waals surface area contributed by atoms with Crippen LogP contribution in [0, 0.1) is 5.92 Å². The van der Waals surface area contributed by atoms with Gasteiger partial charge in [0.2, 0.25) is 0 Å². The van der Waals surface area contributed by atoms with E-state index >= 15 is 0 Å².